The third-order valence-electron chi connectivity index (χ3n) is 3.75. The van der Waals surface area contributed by atoms with Gasteiger partial charge in [0.05, 0.1) is 6.61 Å². The second kappa shape index (κ2) is 5.98. The van der Waals surface area contributed by atoms with Gasteiger partial charge in [0.1, 0.15) is 18.1 Å². The quantitative estimate of drug-likeness (QED) is 0.793. The minimum atomic E-state index is 0.433. The van der Waals surface area contributed by atoms with Gasteiger partial charge in [0, 0.05) is 17.0 Å². The molecule has 1 heterocycles. The molecule has 2 aromatic carbocycles. The highest BCUT2D eigenvalue weighted by molar-refractivity contribution is 6.30. The second-order valence-electron chi connectivity index (χ2n) is 5.63. The molecule has 110 valence electrons. The largest absolute Gasteiger partial charge is 0.493 e. The zero-order valence-corrected chi connectivity index (χ0v) is 13.1. The number of hydrogen-bond acceptors (Lipinski definition) is 2. The molecule has 0 N–H and O–H groups in total. The van der Waals surface area contributed by atoms with Crippen LogP contribution in [0.1, 0.15) is 36.5 Å². The first kappa shape index (κ1) is 14.3. The van der Waals surface area contributed by atoms with E-state index in [0.29, 0.717) is 12.5 Å². The molecule has 3 heteroatoms. The molecule has 3 rings (SSSR count). The summed E-state index contributed by atoms with van der Waals surface area (Å²) >= 11 is 6.18. The van der Waals surface area contributed by atoms with Crippen LogP contribution in [0.5, 0.6) is 11.5 Å². The van der Waals surface area contributed by atoms with Gasteiger partial charge in [-0.05, 0) is 35.2 Å². The average molecular weight is 303 g/mol. The second-order valence-corrected chi connectivity index (χ2v) is 6.07. The molecule has 0 unspecified atom stereocenters. The predicted octanol–water partition coefficient (Wildman–Crippen LogP) is 4.98. The van der Waals surface area contributed by atoms with Gasteiger partial charge in [-0.25, -0.2) is 0 Å². The molecule has 0 aromatic heterocycles. The highest BCUT2D eigenvalue weighted by Gasteiger charge is 2.18. The summed E-state index contributed by atoms with van der Waals surface area (Å²) in [5.41, 5.74) is 3.42. The standard InChI is InChI=1S/C18H19ClO2/c1-12(2)16-5-3-4-6-17(16)21-11-14-10-15(19)9-13-7-8-20-18(13)14/h3-6,9-10,12H,7-8,11H2,1-2H3. The maximum atomic E-state index is 6.18. The van der Waals surface area contributed by atoms with Crippen LogP contribution in [0, 0.1) is 0 Å². The minimum Gasteiger partial charge on any atom is -0.493 e. The number of rotatable bonds is 4. The summed E-state index contributed by atoms with van der Waals surface area (Å²) < 4.78 is 11.7. The maximum Gasteiger partial charge on any atom is 0.129 e. The third kappa shape index (κ3) is 3.01. The van der Waals surface area contributed by atoms with E-state index in [1.807, 2.05) is 30.3 Å². The van der Waals surface area contributed by atoms with Gasteiger partial charge >= 0.3 is 0 Å². The molecule has 2 aromatic rings. The number of para-hydroxylation sites is 1. The lowest BCUT2D eigenvalue weighted by Crippen LogP contribution is -2.01. The molecule has 0 fully saturated rings. The van der Waals surface area contributed by atoms with E-state index in [0.717, 1.165) is 35.1 Å². The lowest BCUT2D eigenvalue weighted by Gasteiger charge is -2.15. The molecule has 0 saturated carbocycles. The van der Waals surface area contributed by atoms with Gasteiger partial charge in [-0.1, -0.05) is 43.6 Å². The predicted molar refractivity (Wildman–Crippen MR) is 85.5 cm³/mol. The first-order chi connectivity index (χ1) is 10.1. The maximum absolute atomic E-state index is 6.18. The van der Waals surface area contributed by atoms with E-state index in [2.05, 4.69) is 19.9 Å². The van der Waals surface area contributed by atoms with E-state index in [4.69, 9.17) is 21.1 Å². The van der Waals surface area contributed by atoms with Crippen LogP contribution in [0.15, 0.2) is 36.4 Å². The van der Waals surface area contributed by atoms with Gasteiger partial charge in [0.2, 0.25) is 0 Å². The number of halogens is 1. The van der Waals surface area contributed by atoms with Crippen molar-refractivity contribution in [3.63, 3.8) is 0 Å². The Morgan fingerprint density at radius 2 is 2.05 bits per heavy atom. The highest BCUT2D eigenvalue weighted by atomic mass is 35.5. The van der Waals surface area contributed by atoms with E-state index in [1.54, 1.807) is 0 Å². The van der Waals surface area contributed by atoms with Crippen LogP contribution < -0.4 is 9.47 Å². The molecular weight excluding hydrogens is 284 g/mol. The lowest BCUT2D eigenvalue weighted by molar-refractivity contribution is 0.288. The smallest absolute Gasteiger partial charge is 0.129 e. The molecule has 2 nitrogen and oxygen atoms in total. The summed E-state index contributed by atoms with van der Waals surface area (Å²) in [6.45, 7) is 5.54. The molecule has 0 spiro atoms. The van der Waals surface area contributed by atoms with Crippen molar-refractivity contribution in [3.8, 4) is 11.5 Å². The fourth-order valence-corrected chi connectivity index (χ4v) is 2.96. The van der Waals surface area contributed by atoms with Crippen molar-refractivity contribution in [1.82, 2.24) is 0 Å². The summed E-state index contributed by atoms with van der Waals surface area (Å²) in [6.07, 6.45) is 0.922. The van der Waals surface area contributed by atoms with Crippen LogP contribution >= 0.6 is 11.6 Å². The van der Waals surface area contributed by atoms with E-state index in [1.165, 1.54) is 11.1 Å². The monoisotopic (exact) mass is 302 g/mol. The zero-order chi connectivity index (χ0) is 14.8. The van der Waals surface area contributed by atoms with Crippen LogP contribution in [-0.2, 0) is 13.0 Å². The normalized spacial score (nSPS) is 13.1. The van der Waals surface area contributed by atoms with Gasteiger partial charge in [0.25, 0.3) is 0 Å². The van der Waals surface area contributed by atoms with Crippen molar-refractivity contribution in [1.29, 1.82) is 0 Å². The van der Waals surface area contributed by atoms with Crippen LogP contribution in [0.25, 0.3) is 0 Å². The van der Waals surface area contributed by atoms with Crippen molar-refractivity contribution in [2.75, 3.05) is 6.61 Å². The van der Waals surface area contributed by atoms with Crippen molar-refractivity contribution in [2.45, 2.75) is 32.8 Å². The number of ether oxygens (including phenoxy) is 2. The fourth-order valence-electron chi connectivity index (χ4n) is 2.70. The first-order valence-electron chi connectivity index (χ1n) is 7.31. The molecule has 0 amide bonds. The van der Waals surface area contributed by atoms with E-state index < -0.39 is 0 Å². The Morgan fingerprint density at radius 1 is 1.24 bits per heavy atom. The third-order valence-corrected chi connectivity index (χ3v) is 3.97. The van der Waals surface area contributed by atoms with Crippen molar-refractivity contribution < 1.29 is 9.47 Å². The van der Waals surface area contributed by atoms with Gasteiger partial charge in [0.15, 0.2) is 0 Å². The van der Waals surface area contributed by atoms with Crippen molar-refractivity contribution in [2.24, 2.45) is 0 Å². The summed E-state index contributed by atoms with van der Waals surface area (Å²) in [4.78, 5) is 0. The molecule has 1 aliphatic heterocycles. The molecule has 0 saturated heterocycles. The average Bonchev–Trinajstić information content (AvgIpc) is 2.93. The van der Waals surface area contributed by atoms with Crippen LogP contribution in [0.3, 0.4) is 0 Å². The van der Waals surface area contributed by atoms with Crippen molar-refractivity contribution in [3.05, 3.63) is 58.1 Å². The van der Waals surface area contributed by atoms with Crippen LogP contribution in [-0.4, -0.2) is 6.61 Å². The summed E-state index contributed by atoms with van der Waals surface area (Å²) in [5, 5.41) is 0.745. The SMILES string of the molecule is CC(C)c1ccccc1OCc1cc(Cl)cc2c1OCC2. The lowest BCUT2D eigenvalue weighted by atomic mass is 10.0. The van der Waals surface area contributed by atoms with E-state index in [9.17, 15) is 0 Å². The van der Waals surface area contributed by atoms with E-state index in [-0.39, 0.29) is 0 Å². The topological polar surface area (TPSA) is 18.5 Å². The van der Waals surface area contributed by atoms with Gasteiger partial charge < -0.3 is 9.47 Å². The molecule has 0 aliphatic carbocycles. The summed E-state index contributed by atoms with van der Waals surface area (Å²) in [7, 11) is 0. The molecule has 0 radical (unpaired) electrons. The zero-order valence-electron chi connectivity index (χ0n) is 12.4. The molecule has 1 aliphatic rings. The van der Waals surface area contributed by atoms with Gasteiger partial charge in [-0.3, -0.25) is 0 Å². The minimum absolute atomic E-state index is 0.433. The Balaban J connectivity index is 1.83. The number of fused-ring (bicyclic) bond motifs is 1. The molecular formula is C18H19ClO2. The highest BCUT2D eigenvalue weighted by Crippen LogP contribution is 2.34. The van der Waals surface area contributed by atoms with Gasteiger partial charge in [-0.2, -0.15) is 0 Å². The number of hydrogen-bond donors (Lipinski definition) is 0. The first-order valence-corrected chi connectivity index (χ1v) is 7.69. The Hall–Kier alpha value is -1.67. The Kier molecular flexibility index (Phi) is 4.07. The molecule has 21 heavy (non-hydrogen) atoms. The Labute approximate surface area is 130 Å². The fraction of sp³-hybridized carbons (Fsp3) is 0.333. The van der Waals surface area contributed by atoms with Gasteiger partial charge in [-0.15, -0.1) is 0 Å². The molecule has 0 atom stereocenters. The Bertz CT molecular complexity index is 650. The summed E-state index contributed by atoms with van der Waals surface area (Å²) in [6, 6.07) is 12.1. The van der Waals surface area contributed by atoms with E-state index >= 15 is 0 Å². The van der Waals surface area contributed by atoms with Crippen molar-refractivity contribution >= 4 is 11.6 Å². The van der Waals surface area contributed by atoms with Crippen LogP contribution in [0.2, 0.25) is 5.02 Å². The molecule has 0 bridgehead atoms. The summed E-state index contributed by atoms with van der Waals surface area (Å²) in [5.74, 6) is 2.31. The van der Waals surface area contributed by atoms with Crippen LogP contribution in [0.4, 0.5) is 0 Å². The Morgan fingerprint density at radius 3 is 2.86 bits per heavy atom. The number of benzene rings is 2.